The maximum Gasteiger partial charge on any atom is 0.263 e. The molecule has 9 rings (SSSR count). The molecule has 0 fully saturated rings. The van der Waals surface area contributed by atoms with E-state index >= 15 is 0 Å². The van der Waals surface area contributed by atoms with Gasteiger partial charge < -0.3 is 9.67 Å². The predicted octanol–water partition coefficient (Wildman–Crippen LogP) is 8.02. The lowest BCUT2D eigenvalue weighted by Gasteiger charge is -2.21. The molecule has 5 aromatic carbocycles. The zero-order valence-corrected chi connectivity index (χ0v) is 25.5. The Morgan fingerprint density at radius 3 is 1.75 bits per heavy atom. The summed E-state index contributed by atoms with van der Waals surface area (Å²) in [6.45, 7) is 0. The van der Waals surface area contributed by atoms with E-state index in [2.05, 4.69) is 36.6 Å². The van der Waals surface area contributed by atoms with Crippen LogP contribution in [-0.2, 0) is 0 Å². The SMILES string of the molecule is O=C1c2c(cccc2-n2c3c(-c4cncnc4)cccc3c3cccc(-c4cncnc4)c32)C(O)N1c1cccc(-c2ccccc2)c1. The van der Waals surface area contributed by atoms with Crippen molar-refractivity contribution in [2.24, 2.45) is 0 Å². The second-order valence-corrected chi connectivity index (χ2v) is 11.7. The number of fused-ring (bicyclic) bond motifs is 4. The molecule has 8 aromatic rings. The molecule has 3 aromatic heterocycles. The van der Waals surface area contributed by atoms with Crippen LogP contribution in [0.1, 0.15) is 22.1 Å². The van der Waals surface area contributed by atoms with Gasteiger partial charge in [-0.05, 0) is 29.3 Å². The average Bonchev–Trinajstić information content (AvgIpc) is 3.63. The Morgan fingerprint density at radius 1 is 0.562 bits per heavy atom. The lowest BCUT2D eigenvalue weighted by Crippen LogP contribution is -2.27. The molecule has 228 valence electrons. The van der Waals surface area contributed by atoms with Gasteiger partial charge in [-0.25, -0.2) is 19.9 Å². The number of aliphatic hydroxyl groups is 1. The van der Waals surface area contributed by atoms with Crippen LogP contribution in [0.25, 0.3) is 60.9 Å². The number of rotatable bonds is 5. The van der Waals surface area contributed by atoms with Gasteiger partial charge in [-0.15, -0.1) is 0 Å². The molecule has 1 unspecified atom stereocenters. The van der Waals surface area contributed by atoms with E-state index in [-0.39, 0.29) is 5.91 Å². The minimum Gasteiger partial charge on any atom is -0.369 e. The number of benzene rings is 5. The summed E-state index contributed by atoms with van der Waals surface area (Å²) in [6, 6.07) is 35.7. The Kier molecular flexibility index (Phi) is 6.41. The molecule has 8 heteroatoms. The van der Waals surface area contributed by atoms with Gasteiger partial charge in [0.25, 0.3) is 5.91 Å². The van der Waals surface area contributed by atoms with Gasteiger partial charge in [0.1, 0.15) is 12.7 Å². The first-order valence-corrected chi connectivity index (χ1v) is 15.6. The van der Waals surface area contributed by atoms with Crippen molar-refractivity contribution in [1.82, 2.24) is 24.5 Å². The Morgan fingerprint density at radius 2 is 1.12 bits per heavy atom. The van der Waals surface area contributed by atoms with Crippen molar-refractivity contribution in [1.29, 1.82) is 0 Å². The van der Waals surface area contributed by atoms with Crippen molar-refractivity contribution in [3.8, 4) is 39.1 Å². The fourth-order valence-corrected chi connectivity index (χ4v) is 6.99. The van der Waals surface area contributed by atoms with E-state index in [9.17, 15) is 9.90 Å². The van der Waals surface area contributed by atoms with Gasteiger partial charge in [0.05, 0.1) is 22.3 Å². The minimum atomic E-state index is -1.17. The van der Waals surface area contributed by atoms with E-state index in [1.54, 1.807) is 24.8 Å². The van der Waals surface area contributed by atoms with Gasteiger partial charge in [-0.3, -0.25) is 9.69 Å². The minimum absolute atomic E-state index is 0.283. The lowest BCUT2D eigenvalue weighted by atomic mass is 10.0. The second kappa shape index (κ2) is 11.1. The molecular weight excluding hydrogens is 596 g/mol. The summed E-state index contributed by atoms with van der Waals surface area (Å²) >= 11 is 0. The molecule has 48 heavy (non-hydrogen) atoms. The number of nitrogens with zero attached hydrogens (tertiary/aromatic N) is 6. The standard InChI is InChI=1S/C40H26N6O2/c47-39-34-16-7-17-35(36(34)40(48)45(39)29-11-4-10-26(18-29)25-8-2-1-3-9-25)46-37-30(27-19-41-23-42-20-27)12-5-14-32(37)33-15-6-13-31(38(33)46)28-21-43-24-44-22-28/h1-24,39,47H. The van der Waals surface area contributed by atoms with Crippen LogP contribution in [0.2, 0.25) is 0 Å². The Bertz CT molecular complexity index is 2400. The van der Waals surface area contributed by atoms with E-state index in [1.165, 1.54) is 17.6 Å². The topological polar surface area (TPSA) is 97.0 Å². The van der Waals surface area contributed by atoms with E-state index in [4.69, 9.17) is 0 Å². The van der Waals surface area contributed by atoms with Crippen LogP contribution >= 0.6 is 0 Å². The predicted molar refractivity (Wildman–Crippen MR) is 186 cm³/mol. The number of anilines is 1. The monoisotopic (exact) mass is 622 g/mol. The Labute approximate surface area is 275 Å². The third-order valence-corrected chi connectivity index (χ3v) is 9.06. The maximum atomic E-state index is 14.7. The normalized spacial score (nSPS) is 14.1. The number of aliphatic hydroxyl groups excluding tert-OH is 1. The fourth-order valence-electron chi connectivity index (χ4n) is 6.99. The summed E-state index contributed by atoms with van der Waals surface area (Å²) in [7, 11) is 0. The number of carbonyl (C=O) groups is 1. The highest BCUT2D eigenvalue weighted by molar-refractivity contribution is 6.19. The van der Waals surface area contributed by atoms with Crippen LogP contribution in [0.4, 0.5) is 5.69 Å². The lowest BCUT2D eigenvalue weighted by molar-refractivity contribution is 0.0935. The van der Waals surface area contributed by atoms with Gasteiger partial charge in [0.15, 0.2) is 6.23 Å². The smallest absolute Gasteiger partial charge is 0.263 e. The van der Waals surface area contributed by atoms with Crippen molar-refractivity contribution < 1.29 is 9.90 Å². The molecule has 1 aliphatic heterocycles. The van der Waals surface area contributed by atoms with E-state index in [0.29, 0.717) is 22.5 Å². The Balaban J connectivity index is 1.32. The van der Waals surface area contributed by atoms with Crippen molar-refractivity contribution in [2.75, 3.05) is 4.90 Å². The molecular formula is C40H26N6O2. The molecule has 1 aliphatic rings. The summed E-state index contributed by atoms with van der Waals surface area (Å²) in [4.78, 5) is 33.4. The van der Waals surface area contributed by atoms with E-state index in [0.717, 1.165) is 55.2 Å². The average molecular weight is 623 g/mol. The first kappa shape index (κ1) is 27.8. The number of hydrogen-bond donors (Lipinski definition) is 1. The van der Waals surface area contributed by atoms with Gasteiger partial charge in [0.2, 0.25) is 0 Å². The molecule has 0 bridgehead atoms. The van der Waals surface area contributed by atoms with Gasteiger partial charge in [-0.2, -0.15) is 0 Å². The highest BCUT2D eigenvalue weighted by Crippen LogP contribution is 2.45. The van der Waals surface area contributed by atoms with Crippen molar-refractivity contribution >= 4 is 33.4 Å². The second-order valence-electron chi connectivity index (χ2n) is 11.7. The molecule has 0 saturated carbocycles. The number of aromatic nitrogens is 5. The quantitative estimate of drug-likeness (QED) is 0.209. The van der Waals surface area contributed by atoms with Crippen LogP contribution < -0.4 is 4.90 Å². The van der Waals surface area contributed by atoms with Crippen LogP contribution in [0.15, 0.2) is 147 Å². The molecule has 0 radical (unpaired) electrons. The third kappa shape index (κ3) is 4.24. The van der Waals surface area contributed by atoms with E-state index < -0.39 is 6.23 Å². The van der Waals surface area contributed by atoms with Crippen LogP contribution in [-0.4, -0.2) is 35.5 Å². The highest BCUT2D eigenvalue weighted by Gasteiger charge is 2.39. The largest absolute Gasteiger partial charge is 0.369 e. The molecule has 1 amide bonds. The van der Waals surface area contributed by atoms with Gasteiger partial charge >= 0.3 is 0 Å². The number of amides is 1. The summed E-state index contributed by atoms with van der Waals surface area (Å²) in [5.41, 5.74) is 9.53. The zero-order valence-electron chi connectivity index (χ0n) is 25.5. The number of para-hydroxylation sites is 2. The molecule has 0 spiro atoms. The Hall–Kier alpha value is -6.51. The number of carbonyl (C=O) groups excluding carboxylic acids is 1. The molecule has 1 atom stereocenters. The first-order valence-electron chi connectivity index (χ1n) is 15.6. The zero-order chi connectivity index (χ0) is 32.2. The molecule has 0 aliphatic carbocycles. The van der Waals surface area contributed by atoms with Crippen LogP contribution in [0, 0.1) is 0 Å². The maximum absolute atomic E-state index is 14.7. The third-order valence-electron chi connectivity index (χ3n) is 9.06. The van der Waals surface area contributed by atoms with Crippen molar-refractivity contribution in [2.45, 2.75) is 6.23 Å². The van der Waals surface area contributed by atoms with E-state index in [1.807, 2.05) is 97.1 Å². The first-order chi connectivity index (χ1) is 23.7. The molecule has 1 N–H and O–H groups in total. The summed E-state index contributed by atoms with van der Waals surface area (Å²) in [5, 5.41) is 13.8. The van der Waals surface area contributed by atoms with Crippen LogP contribution in [0.5, 0.6) is 0 Å². The summed E-state index contributed by atoms with van der Waals surface area (Å²) in [5.74, 6) is -0.283. The van der Waals surface area contributed by atoms with Gasteiger partial charge in [-0.1, -0.05) is 91.0 Å². The van der Waals surface area contributed by atoms with Crippen molar-refractivity contribution in [3.63, 3.8) is 0 Å². The van der Waals surface area contributed by atoms with Crippen molar-refractivity contribution in [3.05, 3.63) is 158 Å². The number of hydrogen-bond acceptors (Lipinski definition) is 6. The molecule has 8 nitrogen and oxygen atoms in total. The van der Waals surface area contributed by atoms with Gasteiger partial charge in [0, 0.05) is 69.1 Å². The molecule has 4 heterocycles. The molecule has 0 saturated heterocycles. The summed E-state index contributed by atoms with van der Waals surface area (Å²) < 4.78 is 2.14. The fraction of sp³-hybridized carbons (Fsp3) is 0.0250. The summed E-state index contributed by atoms with van der Waals surface area (Å²) in [6.07, 6.45) is 9.03. The highest BCUT2D eigenvalue weighted by atomic mass is 16.3. The van der Waals surface area contributed by atoms with Crippen LogP contribution in [0.3, 0.4) is 0 Å².